The van der Waals surface area contributed by atoms with Gasteiger partial charge in [-0.1, -0.05) is 6.07 Å². The average molecular weight is 524 g/mol. The van der Waals surface area contributed by atoms with E-state index in [1.807, 2.05) is 0 Å². The number of carbonyl (C=O) groups is 1. The van der Waals surface area contributed by atoms with Crippen molar-refractivity contribution in [1.82, 2.24) is 14.3 Å². The number of carbonyl (C=O) groups excluding carboxylic acids is 1. The van der Waals surface area contributed by atoms with Crippen molar-refractivity contribution in [2.75, 3.05) is 21.3 Å². The Morgan fingerprint density at radius 3 is 2.30 bits per heavy atom. The SMILES string of the molecule is COC(=O)c1ccc(S(=O)(=O)N(Cc2cccnc2)Cc2cc3cc(OC)c(OC)cc3[nH]c2=O)cc1. The van der Waals surface area contributed by atoms with Crippen LogP contribution in [0, 0.1) is 0 Å². The maximum Gasteiger partial charge on any atom is 0.337 e. The molecule has 0 saturated carbocycles. The van der Waals surface area contributed by atoms with Crippen LogP contribution in [0.25, 0.3) is 10.9 Å². The van der Waals surface area contributed by atoms with Gasteiger partial charge in [0, 0.05) is 42.5 Å². The van der Waals surface area contributed by atoms with Crippen LogP contribution < -0.4 is 15.0 Å². The second-order valence-electron chi connectivity index (χ2n) is 8.07. The number of methoxy groups -OCH3 is 3. The quantitative estimate of drug-likeness (QED) is 0.332. The van der Waals surface area contributed by atoms with E-state index in [0.717, 1.165) is 0 Å². The Kier molecular flexibility index (Phi) is 7.55. The molecule has 0 radical (unpaired) electrons. The molecular formula is C26H25N3O7S. The number of sulfonamides is 1. The van der Waals surface area contributed by atoms with Gasteiger partial charge in [0.2, 0.25) is 10.0 Å². The van der Waals surface area contributed by atoms with Gasteiger partial charge in [-0.05, 0) is 48.0 Å². The van der Waals surface area contributed by atoms with Crippen molar-refractivity contribution in [2.45, 2.75) is 18.0 Å². The zero-order valence-corrected chi connectivity index (χ0v) is 21.2. The molecule has 10 nitrogen and oxygen atoms in total. The van der Waals surface area contributed by atoms with Gasteiger partial charge in [0.25, 0.3) is 5.56 Å². The molecule has 4 rings (SSSR count). The predicted molar refractivity (Wildman–Crippen MR) is 136 cm³/mol. The molecule has 37 heavy (non-hydrogen) atoms. The Hall–Kier alpha value is -4.22. The number of hydrogen-bond donors (Lipinski definition) is 1. The van der Waals surface area contributed by atoms with Gasteiger partial charge in [0.1, 0.15) is 0 Å². The maximum absolute atomic E-state index is 13.7. The Bertz CT molecular complexity index is 1580. The van der Waals surface area contributed by atoms with E-state index < -0.39 is 21.6 Å². The van der Waals surface area contributed by atoms with Crippen molar-refractivity contribution in [3.05, 3.63) is 94.0 Å². The number of hydrogen-bond acceptors (Lipinski definition) is 8. The van der Waals surface area contributed by atoms with Crippen LogP contribution in [0.5, 0.6) is 11.5 Å². The zero-order chi connectivity index (χ0) is 26.6. The van der Waals surface area contributed by atoms with Crippen molar-refractivity contribution < 1.29 is 27.4 Å². The third kappa shape index (κ3) is 5.47. The second-order valence-corrected chi connectivity index (χ2v) is 10.0. The fourth-order valence-electron chi connectivity index (χ4n) is 3.84. The van der Waals surface area contributed by atoms with Crippen LogP contribution in [0.1, 0.15) is 21.5 Å². The fraction of sp³-hybridized carbons (Fsp3) is 0.192. The second kappa shape index (κ2) is 10.8. The van der Waals surface area contributed by atoms with Crippen molar-refractivity contribution in [3.8, 4) is 11.5 Å². The van der Waals surface area contributed by atoms with Gasteiger partial charge < -0.3 is 19.2 Å². The predicted octanol–water partition coefficient (Wildman–Crippen LogP) is 3.12. The summed E-state index contributed by atoms with van der Waals surface area (Å²) in [6, 6.07) is 13.9. The smallest absolute Gasteiger partial charge is 0.337 e. The Labute approximate surface area is 213 Å². The van der Waals surface area contributed by atoms with Crippen molar-refractivity contribution >= 4 is 26.9 Å². The number of nitrogens with one attached hydrogen (secondary N) is 1. The van der Waals surface area contributed by atoms with Crippen molar-refractivity contribution in [1.29, 1.82) is 0 Å². The monoisotopic (exact) mass is 523 g/mol. The molecule has 4 aromatic rings. The number of benzene rings is 2. The van der Waals surface area contributed by atoms with E-state index in [1.54, 1.807) is 42.7 Å². The number of pyridine rings is 2. The number of rotatable bonds is 9. The standard InChI is InChI=1S/C26H25N3O7S/c1-34-23-12-19-11-20(25(30)28-22(19)13-24(23)35-2)16-29(15-17-5-4-10-27-14-17)37(32,33)21-8-6-18(7-9-21)26(31)36-3/h4-14H,15-16H2,1-3H3,(H,28,30). The van der Waals surface area contributed by atoms with Crippen molar-refractivity contribution in [2.24, 2.45) is 0 Å². The van der Waals surface area contributed by atoms with Gasteiger partial charge in [-0.3, -0.25) is 9.78 Å². The normalized spacial score (nSPS) is 11.5. The van der Waals surface area contributed by atoms with Crippen LogP contribution in [0.2, 0.25) is 0 Å². The molecule has 0 bridgehead atoms. The lowest BCUT2D eigenvalue weighted by Gasteiger charge is -2.22. The molecule has 0 aliphatic carbocycles. The number of aromatic amines is 1. The lowest BCUT2D eigenvalue weighted by atomic mass is 10.1. The summed E-state index contributed by atoms with van der Waals surface area (Å²) in [5.74, 6) is 0.346. The van der Waals surface area contributed by atoms with Crippen LogP contribution in [-0.2, 0) is 27.8 Å². The minimum atomic E-state index is -4.08. The third-order valence-corrected chi connectivity index (χ3v) is 7.57. The van der Waals surface area contributed by atoms with Gasteiger partial charge in [-0.25, -0.2) is 13.2 Å². The number of fused-ring (bicyclic) bond motifs is 1. The lowest BCUT2D eigenvalue weighted by Crippen LogP contribution is -2.32. The molecule has 0 aliphatic heterocycles. The van der Waals surface area contributed by atoms with E-state index in [4.69, 9.17) is 9.47 Å². The molecule has 2 aromatic heterocycles. The van der Waals surface area contributed by atoms with Gasteiger partial charge in [-0.15, -0.1) is 0 Å². The van der Waals surface area contributed by atoms with Gasteiger partial charge in [0.05, 0.1) is 37.3 Å². The maximum atomic E-state index is 13.7. The van der Waals surface area contributed by atoms with E-state index in [9.17, 15) is 18.0 Å². The van der Waals surface area contributed by atoms with Crippen LogP contribution in [0.3, 0.4) is 0 Å². The summed E-state index contributed by atoms with van der Waals surface area (Å²) >= 11 is 0. The van der Waals surface area contributed by atoms with Gasteiger partial charge >= 0.3 is 5.97 Å². The first-order valence-corrected chi connectivity index (χ1v) is 12.6. The Morgan fingerprint density at radius 2 is 1.68 bits per heavy atom. The van der Waals surface area contributed by atoms with Crippen LogP contribution in [-0.4, -0.2) is 50.0 Å². The number of nitrogens with zero attached hydrogens (tertiary/aromatic N) is 2. The summed E-state index contributed by atoms with van der Waals surface area (Å²) in [5, 5.41) is 0.647. The Balaban J connectivity index is 1.76. The zero-order valence-electron chi connectivity index (χ0n) is 20.4. The first kappa shape index (κ1) is 25.9. The topological polar surface area (TPSA) is 128 Å². The molecule has 1 N–H and O–H groups in total. The highest BCUT2D eigenvalue weighted by Crippen LogP contribution is 2.31. The summed E-state index contributed by atoms with van der Waals surface area (Å²) in [5.41, 5.74) is 1.17. The molecule has 2 heterocycles. The van der Waals surface area contributed by atoms with Crippen LogP contribution >= 0.6 is 0 Å². The summed E-state index contributed by atoms with van der Waals surface area (Å²) in [7, 11) is 0.160. The highest BCUT2D eigenvalue weighted by atomic mass is 32.2. The number of ether oxygens (including phenoxy) is 3. The summed E-state index contributed by atoms with van der Waals surface area (Å²) in [6.45, 7) is -0.242. The van der Waals surface area contributed by atoms with Crippen LogP contribution in [0.4, 0.5) is 0 Å². The number of H-pyrrole nitrogens is 1. The highest BCUT2D eigenvalue weighted by molar-refractivity contribution is 7.89. The highest BCUT2D eigenvalue weighted by Gasteiger charge is 2.26. The van der Waals surface area contributed by atoms with E-state index in [-0.39, 0.29) is 29.1 Å². The van der Waals surface area contributed by atoms with Gasteiger partial charge in [0.15, 0.2) is 11.5 Å². The molecule has 0 amide bonds. The molecule has 0 atom stereocenters. The average Bonchev–Trinajstić information content (AvgIpc) is 2.92. The minimum Gasteiger partial charge on any atom is -0.493 e. The molecule has 192 valence electrons. The Morgan fingerprint density at radius 1 is 0.973 bits per heavy atom. The molecular weight excluding hydrogens is 498 g/mol. The summed E-state index contributed by atoms with van der Waals surface area (Å²) in [6.07, 6.45) is 3.15. The molecule has 2 aromatic carbocycles. The molecule has 0 spiro atoms. The van der Waals surface area contributed by atoms with E-state index in [0.29, 0.717) is 28.0 Å². The molecule has 11 heteroatoms. The van der Waals surface area contributed by atoms with Crippen molar-refractivity contribution in [3.63, 3.8) is 0 Å². The molecule has 0 fully saturated rings. The molecule has 0 unspecified atom stereocenters. The minimum absolute atomic E-state index is 0.0294. The van der Waals surface area contributed by atoms with E-state index in [1.165, 1.54) is 49.9 Å². The lowest BCUT2D eigenvalue weighted by molar-refractivity contribution is 0.0600. The fourth-order valence-corrected chi connectivity index (χ4v) is 5.24. The van der Waals surface area contributed by atoms with E-state index in [2.05, 4.69) is 14.7 Å². The number of aromatic nitrogens is 2. The van der Waals surface area contributed by atoms with Gasteiger partial charge in [-0.2, -0.15) is 4.31 Å². The third-order valence-electron chi connectivity index (χ3n) is 5.77. The van der Waals surface area contributed by atoms with E-state index >= 15 is 0 Å². The summed E-state index contributed by atoms with van der Waals surface area (Å²) < 4.78 is 43.9. The number of esters is 1. The first-order valence-electron chi connectivity index (χ1n) is 11.1. The summed E-state index contributed by atoms with van der Waals surface area (Å²) in [4.78, 5) is 31.6. The first-order chi connectivity index (χ1) is 17.8. The molecule has 0 saturated heterocycles. The largest absolute Gasteiger partial charge is 0.493 e. The van der Waals surface area contributed by atoms with Crippen LogP contribution in [0.15, 0.2) is 76.7 Å². The molecule has 0 aliphatic rings.